The first-order chi connectivity index (χ1) is 15.3. The molecule has 0 aliphatic carbocycles. The summed E-state index contributed by atoms with van der Waals surface area (Å²) in [4.78, 5) is 23.5. The number of benzene rings is 3. The second-order valence-corrected chi connectivity index (χ2v) is 8.61. The molecule has 0 aliphatic rings. The summed E-state index contributed by atoms with van der Waals surface area (Å²) >= 11 is 0. The van der Waals surface area contributed by atoms with E-state index < -0.39 is 27.4 Å². The van der Waals surface area contributed by atoms with E-state index in [1.54, 1.807) is 36.4 Å². The Hall–Kier alpha value is -3.92. The van der Waals surface area contributed by atoms with Crippen molar-refractivity contribution >= 4 is 33.0 Å². The molecular formula is C22H21N3O6S. The normalized spacial score (nSPS) is 10.9. The van der Waals surface area contributed by atoms with Crippen molar-refractivity contribution in [2.75, 3.05) is 23.3 Å². The van der Waals surface area contributed by atoms with Crippen LogP contribution in [0.15, 0.2) is 77.7 Å². The van der Waals surface area contributed by atoms with Crippen LogP contribution >= 0.6 is 0 Å². The molecule has 3 rings (SSSR count). The van der Waals surface area contributed by atoms with Gasteiger partial charge in [-0.25, -0.2) is 8.42 Å². The highest BCUT2D eigenvalue weighted by molar-refractivity contribution is 7.92. The van der Waals surface area contributed by atoms with Crippen LogP contribution in [0.25, 0.3) is 0 Å². The molecule has 0 saturated carbocycles. The van der Waals surface area contributed by atoms with E-state index in [9.17, 15) is 23.3 Å². The maximum Gasteiger partial charge on any atom is 0.274 e. The molecule has 3 aromatic carbocycles. The van der Waals surface area contributed by atoms with Gasteiger partial charge in [-0.1, -0.05) is 36.4 Å². The monoisotopic (exact) mass is 455 g/mol. The number of methoxy groups -OCH3 is 1. The summed E-state index contributed by atoms with van der Waals surface area (Å²) in [5, 5.41) is 13.7. The Morgan fingerprint density at radius 1 is 1.03 bits per heavy atom. The summed E-state index contributed by atoms with van der Waals surface area (Å²) in [5.74, 6) is -0.398. The second kappa shape index (κ2) is 9.48. The Balaban J connectivity index is 1.99. The Kier molecular flexibility index (Phi) is 6.74. The first-order valence-electron chi connectivity index (χ1n) is 9.50. The van der Waals surface area contributed by atoms with E-state index in [0.717, 1.165) is 4.31 Å². The third-order valence-electron chi connectivity index (χ3n) is 4.75. The summed E-state index contributed by atoms with van der Waals surface area (Å²) in [6.45, 7) is 0.937. The molecule has 32 heavy (non-hydrogen) atoms. The van der Waals surface area contributed by atoms with Crippen LogP contribution in [0.2, 0.25) is 0 Å². The molecular weight excluding hydrogens is 434 g/mol. The molecule has 3 aromatic rings. The van der Waals surface area contributed by atoms with Gasteiger partial charge in [-0.05, 0) is 37.3 Å². The van der Waals surface area contributed by atoms with E-state index in [0.29, 0.717) is 0 Å². The highest BCUT2D eigenvalue weighted by atomic mass is 32.2. The minimum atomic E-state index is -4.12. The number of ether oxygens (including phenoxy) is 1. The number of nitro groups is 1. The Morgan fingerprint density at radius 3 is 2.34 bits per heavy atom. The molecule has 0 atom stereocenters. The smallest absolute Gasteiger partial charge is 0.274 e. The summed E-state index contributed by atoms with van der Waals surface area (Å²) in [5.41, 5.74) is 0.521. The molecule has 0 bridgehead atoms. The first kappa shape index (κ1) is 22.8. The van der Waals surface area contributed by atoms with Gasteiger partial charge in [-0.15, -0.1) is 0 Å². The maximum atomic E-state index is 13.4. The number of hydrogen-bond acceptors (Lipinski definition) is 6. The van der Waals surface area contributed by atoms with Gasteiger partial charge in [0.05, 0.1) is 33.9 Å². The molecule has 10 heteroatoms. The van der Waals surface area contributed by atoms with Crippen molar-refractivity contribution in [3.8, 4) is 5.75 Å². The van der Waals surface area contributed by atoms with E-state index in [1.807, 2.05) is 0 Å². The molecule has 9 nitrogen and oxygen atoms in total. The lowest BCUT2D eigenvalue weighted by Gasteiger charge is -2.25. The highest BCUT2D eigenvalue weighted by Crippen LogP contribution is 2.32. The Bertz CT molecular complexity index is 1250. The van der Waals surface area contributed by atoms with Crippen LogP contribution in [0.5, 0.6) is 5.75 Å². The molecule has 0 fully saturated rings. The van der Waals surface area contributed by atoms with Gasteiger partial charge in [0.15, 0.2) is 0 Å². The van der Waals surface area contributed by atoms with Gasteiger partial charge in [0.2, 0.25) is 5.91 Å². The molecule has 0 heterocycles. The minimum Gasteiger partial charge on any atom is -0.495 e. The maximum absolute atomic E-state index is 13.4. The fraction of sp³-hybridized carbons (Fsp3) is 0.136. The number of nitrogens with one attached hydrogen (secondary N) is 1. The van der Waals surface area contributed by atoms with E-state index in [2.05, 4.69) is 5.32 Å². The lowest BCUT2D eigenvalue weighted by atomic mass is 10.1. The van der Waals surface area contributed by atoms with Gasteiger partial charge < -0.3 is 10.1 Å². The second-order valence-electron chi connectivity index (χ2n) is 6.75. The molecule has 0 aliphatic heterocycles. The summed E-state index contributed by atoms with van der Waals surface area (Å²) in [6, 6.07) is 18.4. The molecule has 1 amide bonds. The molecule has 166 valence electrons. The molecule has 1 N–H and O–H groups in total. The molecule has 0 unspecified atom stereocenters. The van der Waals surface area contributed by atoms with E-state index >= 15 is 0 Å². The number of anilines is 2. The van der Waals surface area contributed by atoms with Crippen LogP contribution < -0.4 is 14.4 Å². The van der Waals surface area contributed by atoms with Crippen molar-refractivity contribution in [3.63, 3.8) is 0 Å². The van der Waals surface area contributed by atoms with Gasteiger partial charge in [-0.2, -0.15) is 0 Å². The van der Waals surface area contributed by atoms with Gasteiger partial charge >= 0.3 is 0 Å². The van der Waals surface area contributed by atoms with Crippen LogP contribution in [-0.2, 0) is 14.8 Å². The van der Waals surface area contributed by atoms with E-state index in [4.69, 9.17) is 4.74 Å². The predicted octanol–water partition coefficient (Wildman–Crippen LogP) is 3.75. The van der Waals surface area contributed by atoms with Gasteiger partial charge in [0.1, 0.15) is 12.3 Å². The molecule has 0 radical (unpaired) electrons. The number of carbonyl (C=O) groups excluding carboxylic acids is 1. The van der Waals surface area contributed by atoms with Crippen LogP contribution in [0.1, 0.15) is 5.56 Å². The number of hydrogen-bond donors (Lipinski definition) is 1. The predicted molar refractivity (Wildman–Crippen MR) is 120 cm³/mol. The number of rotatable bonds is 8. The van der Waals surface area contributed by atoms with Crippen LogP contribution in [0.3, 0.4) is 0 Å². The van der Waals surface area contributed by atoms with Gasteiger partial charge in [-0.3, -0.25) is 19.2 Å². The fourth-order valence-corrected chi connectivity index (χ4v) is 4.58. The minimum absolute atomic E-state index is 0.00485. The topological polar surface area (TPSA) is 119 Å². The van der Waals surface area contributed by atoms with Crippen molar-refractivity contribution in [3.05, 3.63) is 88.5 Å². The number of amides is 1. The molecule has 0 saturated heterocycles. The van der Waals surface area contributed by atoms with Crippen molar-refractivity contribution in [2.24, 2.45) is 0 Å². The average molecular weight is 455 g/mol. The van der Waals surface area contributed by atoms with Crippen molar-refractivity contribution in [2.45, 2.75) is 11.8 Å². The number of nitrogens with zero attached hydrogens (tertiary/aromatic N) is 2. The molecule has 0 aromatic heterocycles. The zero-order valence-electron chi connectivity index (χ0n) is 17.4. The zero-order valence-corrected chi connectivity index (χ0v) is 18.2. The summed E-state index contributed by atoms with van der Waals surface area (Å²) in [7, 11) is -2.72. The standard InChI is InChI=1S/C22H21N3O6S/c1-16-18(11-8-13-19(16)25(27)28)23-22(26)15-24(20-12-6-7-14-21(20)31-2)32(29,30)17-9-4-3-5-10-17/h3-14H,15H2,1-2H3,(H,23,26). The first-order valence-corrected chi connectivity index (χ1v) is 10.9. The highest BCUT2D eigenvalue weighted by Gasteiger charge is 2.29. The lowest BCUT2D eigenvalue weighted by Crippen LogP contribution is -2.38. The van der Waals surface area contributed by atoms with Crippen molar-refractivity contribution < 1.29 is 22.9 Å². The largest absolute Gasteiger partial charge is 0.495 e. The average Bonchev–Trinajstić information content (AvgIpc) is 2.79. The number of nitro benzene ring substituents is 1. The van der Waals surface area contributed by atoms with Crippen molar-refractivity contribution in [1.82, 2.24) is 0 Å². The summed E-state index contributed by atoms with van der Waals surface area (Å²) < 4.78 is 33.1. The SMILES string of the molecule is COc1ccccc1N(CC(=O)Nc1cccc([N+](=O)[O-])c1C)S(=O)(=O)c1ccccc1. The van der Waals surface area contributed by atoms with Gasteiger partial charge in [0, 0.05) is 6.07 Å². The Labute approximate surface area is 185 Å². The van der Waals surface area contributed by atoms with Crippen LogP contribution in [0.4, 0.5) is 17.1 Å². The third-order valence-corrected chi connectivity index (χ3v) is 6.52. The van der Waals surface area contributed by atoms with Gasteiger partial charge in [0.25, 0.3) is 15.7 Å². The Morgan fingerprint density at radius 2 is 1.69 bits per heavy atom. The quantitative estimate of drug-likeness (QED) is 0.408. The lowest BCUT2D eigenvalue weighted by molar-refractivity contribution is -0.385. The number of sulfonamides is 1. The number of carbonyl (C=O) groups is 1. The van der Waals surface area contributed by atoms with Crippen LogP contribution in [0, 0.1) is 17.0 Å². The third kappa shape index (κ3) is 4.70. The van der Waals surface area contributed by atoms with Crippen LogP contribution in [-0.4, -0.2) is 32.9 Å². The van der Waals surface area contributed by atoms with E-state index in [1.165, 1.54) is 50.4 Å². The van der Waals surface area contributed by atoms with E-state index in [-0.39, 0.29) is 33.3 Å². The zero-order chi connectivity index (χ0) is 23.3. The molecule has 0 spiro atoms. The fourth-order valence-electron chi connectivity index (χ4n) is 3.13. The van der Waals surface area contributed by atoms with Crippen molar-refractivity contribution in [1.29, 1.82) is 0 Å². The summed E-state index contributed by atoms with van der Waals surface area (Å²) in [6.07, 6.45) is 0. The number of para-hydroxylation sites is 2.